The second-order valence-corrected chi connectivity index (χ2v) is 6.61. The molecule has 0 heterocycles. The van der Waals surface area contributed by atoms with Crippen LogP contribution in [0.1, 0.15) is 71.6 Å². The number of carbonyl (C=O) groups is 1. The normalized spacial score (nSPS) is 13.2. The van der Waals surface area contributed by atoms with E-state index in [9.17, 15) is 13.2 Å². The van der Waals surface area contributed by atoms with Gasteiger partial charge in [0.1, 0.15) is 6.10 Å². The molecule has 0 rings (SSSR count). The minimum Gasteiger partial charge on any atom is -0.462 e. The Morgan fingerprint density at radius 1 is 1.05 bits per heavy atom. The van der Waals surface area contributed by atoms with Crippen molar-refractivity contribution in [2.75, 3.05) is 5.75 Å². The lowest BCUT2D eigenvalue weighted by Gasteiger charge is -2.15. The van der Waals surface area contributed by atoms with Crippen LogP contribution in [-0.4, -0.2) is 30.8 Å². The van der Waals surface area contributed by atoms with Crippen molar-refractivity contribution in [1.29, 1.82) is 0 Å². The molecule has 0 aliphatic heterocycles. The molecule has 1 N–H and O–H groups in total. The lowest BCUT2D eigenvalue weighted by Crippen LogP contribution is -2.23. The first-order chi connectivity index (χ1) is 9.39. The average Bonchev–Trinajstić information content (AvgIpc) is 2.34. The number of carbonyl (C=O) groups excluding carboxylic acids is 1. The van der Waals surface area contributed by atoms with Crippen LogP contribution in [0.4, 0.5) is 0 Å². The van der Waals surface area contributed by atoms with Gasteiger partial charge in [-0.05, 0) is 19.3 Å². The Morgan fingerprint density at radius 2 is 1.60 bits per heavy atom. The van der Waals surface area contributed by atoms with Crippen molar-refractivity contribution in [2.45, 2.75) is 77.7 Å². The van der Waals surface area contributed by atoms with Gasteiger partial charge in [0.15, 0.2) is 5.75 Å². The van der Waals surface area contributed by atoms with E-state index < -0.39 is 21.8 Å². The SMILES string of the molecule is CCCCCCCCCC(CC)OC(=O)CS(=O)(=O)O. The first-order valence-electron chi connectivity index (χ1n) is 7.53. The van der Waals surface area contributed by atoms with Crippen LogP contribution in [0.3, 0.4) is 0 Å². The van der Waals surface area contributed by atoms with Crippen molar-refractivity contribution < 1.29 is 22.5 Å². The van der Waals surface area contributed by atoms with E-state index in [0.29, 0.717) is 6.42 Å². The molecule has 5 nitrogen and oxygen atoms in total. The number of rotatable bonds is 12. The van der Waals surface area contributed by atoms with Gasteiger partial charge in [-0.25, -0.2) is 0 Å². The van der Waals surface area contributed by atoms with Crippen LogP contribution in [0.2, 0.25) is 0 Å². The molecule has 20 heavy (non-hydrogen) atoms. The van der Waals surface area contributed by atoms with E-state index in [2.05, 4.69) is 6.92 Å². The van der Waals surface area contributed by atoms with Gasteiger partial charge in [-0.1, -0.05) is 52.4 Å². The lowest BCUT2D eigenvalue weighted by molar-refractivity contribution is -0.146. The van der Waals surface area contributed by atoms with E-state index in [1.807, 2.05) is 6.92 Å². The molecule has 0 aromatic heterocycles. The fourth-order valence-electron chi connectivity index (χ4n) is 2.04. The van der Waals surface area contributed by atoms with Gasteiger partial charge in [-0.15, -0.1) is 0 Å². The quantitative estimate of drug-likeness (QED) is 0.340. The Hall–Kier alpha value is -0.620. The summed E-state index contributed by atoms with van der Waals surface area (Å²) in [7, 11) is -4.29. The van der Waals surface area contributed by atoms with Crippen LogP contribution in [-0.2, 0) is 19.6 Å². The Balaban J connectivity index is 3.74. The predicted molar refractivity (Wildman–Crippen MR) is 79.2 cm³/mol. The zero-order valence-electron chi connectivity index (χ0n) is 12.6. The second kappa shape index (κ2) is 11.1. The van der Waals surface area contributed by atoms with Gasteiger partial charge in [-0.3, -0.25) is 9.35 Å². The molecule has 0 saturated heterocycles. The molecule has 0 spiro atoms. The molecule has 0 aliphatic carbocycles. The topological polar surface area (TPSA) is 80.7 Å². The Bertz CT molecular complexity index is 351. The smallest absolute Gasteiger partial charge is 0.323 e. The molecule has 0 saturated carbocycles. The Labute approximate surface area is 122 Å². The molecule has 1 atom stereocenters. The minimum atomic E-state index is -4.29. The maximum Gasteiger partial charge on any atom is 0.323 e. The third-order valence-electron chi connectivity index (χ3n) is 3.18. The van der Waals surface area contributed by atoms with Gasteiger partial charge in [0, 0.05) is 0 Å². The number of unbranched alkanes of at least 4 members (excludes halogenated alkanes) is 6. The van der Waals surface area contributed by atoms with Gasteiger partial charge in [-0.2, -0.15) is 8.42 Å². The van der Waals surface area contributed by atoms with Crippen LogP contribution < -0.4 is 0 Å². The average molecular weight is 308 g/mol. The third kappa shape index (κ3) is 12.4. The van der Waals surface area contributed by atoms with E-state index in [4.69, 9.17) is 9.29 Å². The summed E-state index contributed by atoms with van der Waals surface area (Å²) >= 11 is 0. The summed E-state index contributed by atoms with van der Waals surface area (Å²) in [5.74, 6) is -1.83. The maximum absolute atomic E-state index is 11.3. The van der Waals surface area contributed by atoms with Gasteiger partial charge >= 0.3 is 5.97 Å². The molecule has 0 aromatic carbocycles. The maximum atomic E-state index is 11.3. The number of hydrogen-bond donors (Lipinski definition) is 1. The van der Waals surface area contributed by atoms with Crippen molar-refractivity contribution in [3.63, 3.8) is 0 Å². The molecule has 0 fully saturated rings. The molecule has 0 amide bonds. The van der Waals surface area contributed by atoms with Crippen molar-refractivity contribution in [3.05, 3.63) is 0 Å². The van der Waals surface area contributed by atoms with Gasteiger partial charge in [0.05, 0.1) is 0 Å². The zero-order valence-corrected chi connectivity index (χ0v) is 13.5. The summed E-state index contributed by atoms with van der Waals surface area (Å²) in [5, 5.41) is 0. The van der Waals surface area contributed by atoms with Gasteiger partial charge in [0.25, 0.3) is 10.1 Å². The van der Waals surface area contributed by atoms with Gasteiger partial charge < -0.3 is 4.74 Å². The van der Waals surface area contributed by atoms with Crippen LogP contribution in [0.15, 0.2) is 0 Å². The highest BCUT2D eigenvalue weighted by Gasteiger charge is 2.18. The summed E-state index contributed by atoms with van der Waals surface area (Å²) in [6.45, 7) is 4.08. The summed E-state index contributed by atoms with van der Waals surface area (Å²) in [6.07, 6.45) is 9.47. The highest BCUT2D eigenvalue weighted by Crippen LogP contribution is 2.13. The monoisotopic (exact) mass is 308 g/mol. The predicted octanol–water partition coefficient (Wildman–Crippen LogP) is 3.34. The molecule has 0 aliphatic rings. The molecule has 0 radical (unpaired) electrons. The number of esters is 1. The van der Waals surface area contributed by atoms with Crippen molar-refractivity contribution in [2.24, 2.45) is 0 Å². The first-order valence-corrected chi connectivity index (χ1v) is 9.14. The van der Waals surface area contributed by atoms with Gasteiger partial charge in [0.2, 0.25) is 0 Å². The zero-order chi connectivity index (χ0) is 15.4. The molecule has 0 aromatic rings. The summed E-state index contributed by atoms with van der Waals surface area (Å²) in [4.78, 5) is 11.3. The van der Waals surface area contributed by atoms with Crippen LogP contribution in [0.25, 0.3) is 0 Å². The Morgan fingerprint density at radius 3 is 2.10 bits per heavy atom. The van der Waals surface area contributed by atoms with Crippen molar-refractivity contribution in [3.8, 4) is 0 Å². The third-order valence-corrected chi connectivity index (χ3v) is 3.78. The highest BCUT2D eigenvalue weighted by molar-refractivity contribution is 7.86. The Kier molecular flexibility index (Phi) is 10.7. The first kappa shape index (κ1) is 19.4. The van der Waals surface area contributed by atoms with E-state index in [1.54, 1.807) is 0 Å². The largest absolute Gasteiger partial charge is 0.462 e. The number of ether oxygens (including phenoxy) is 1. The molecule has 120 valence electrons. The standard InChI is InChI=1S/C14H28O5S/c1-3-5-6-7-8-9-10-11-13(4-2)19-14(15)12-20(16,17)18/h13H,3-12H2,1-2H3,(H,16,17,18). The van der Waals surface area contributed by atoms with Crippen LogP contribution >= 0.6 is 0 Å². The minimum absolute atomic E-state index is 0.250. The second-order valence-electron chi connectivity index (χ2n) is 5.16. The van der Waals surface area contributed by atoms with Crippen molar-refractivity contribution in [1.82, 2.24) is 0 Å². The van der Waals surface area contributed by atoms with E-state index in [1.165, 1.54) is 32.1 Å². The fraction of sp³-hybridized carbons (Fsp3) is 0.929. The molecule has 1 unspecified atom stereocenters. The molecular formula is C14H28O5S. The number of hydrogen-bond acceptors (Lipinski definition) is 4. The molecule has 0 bridgehead atoms. The summed E-state index contributed by atoms with van der Waals surface area (Å²) in [6, 6.07) is 0. The van der Waals surface area contributed by atoms with Crippen LogP contribution in [0, 0.1) is 0 Å². The molecular weight excluding hydrogens is 280 g/mol. The van der Waals surface area contributed by atoms with Crippen LogP contribution in [0.5, 0.6) is 0 Å². The summed E-state index contributed by atoms with van der Waals surface area (Å²) in [5.41, 5.74) is 0. The fourth-order valence-corrected chi connectivity index (χ4v) is 2.41. The molecule has 6 heteroatoms. The highest BCUT2D eigenvalue weighted by atomic mass is 32.2. The summed E-state index contributed by atoms with van der Waals surface area (Å²) < 4.78 is 34.7. The van der Waals surface area contributed by atoms with E-state index in [0.717, 1.165) is 19.3 Å². The van der Waals surface area contributed by atoms with E-state index in [-0.39, 0.29) is 6.10 Å². The lowest BCUT2D eigenvalue weighted by atomic mass is 10.1. The van der Waals surface area contributed by atoms with E-state index >= 15 is 0 Å². The van der Waals surface area contributed by atoms with Crippen molar-refractivity contribution >= 4 is 16.1 Å².